The largest absolute Gasteiger partial charge is 0.356 e. The second-order valence-corrected chi connectivity index (χ2v) is 7.93. The minimum Gasteiger partial charge on any atom is -0.356 e. The number of hydrogen-bond acceptors (Lipinski definition) is 7. The molecule has 0 amide bonds. The topological polar surface area (TPSA) is 68.0 Å². The number of rotatable bonds is 3. The van der Waals surface area contributed by atoms with E-state index < -0.39 is 0 Å². The molecule has 2 aromatic rings. The Bertz CT molecular complexity index is 800. The van der Waals surface area contributed by atoms with Gasteiger partial charge in [-0.05, 0) is 26.2 Å². The lowest BCUT2D eigenvalue weighted by atomic mass is 10.0. The van der Waals surface area contributed by atoms with Crippen molar-refractivity contribution in [1.82, 2.24) is 24.5 Å². The number of likely N-dealkylation sites (tertiary alicyclic amines) is 1. The lowest BCUT2D eigenvalue weighted by Gasteiger charge is -2.37. The maximum absolute atomic E-state index is 5.82. The van der Waals surface area contributed by atoms with E-state index in [-0.39, 0.29) is 5.79 Å². The number of nitrogens with zero attached hydrogens (tertiary/aromatic N) is 6. The second-order valence-electron chi connectivity index (χ2n) is 7.93. The lowest BCUT2D eigenvalue weighted by Crippen LogP contribution is -2.44. The predicted molar refractivity (Wildman–Crippen MR) is 101 cm³/mol. The summed E-state index contributed by atoms with van der Waals surface area (Å²) in [6, 6.07) is 2.14. The molecule has 5 rings (SSSR count). The van der Waals surface area contributed by atoms with Crippen LogP contribution in [-0.4, -0.2) is 69.7 Å². The van der Waals surface area contributed by atoms with Crippen molar-refractivity contribution in [3.63, 3.8) is 0 Å². The van der Waals surface area contributed by atoms with Gasteiger partial charge in [0.15, 0.2) is 11.6 Å². The quantitative estimate of drug-likeness (QED) is 0.813. The van der Waals surface area contributed by atoms with E-state index in [1.165, 1.54) is 19.3 Å². The Labute approximate surface area is 159 Å². The molecule has 0 unspecified atom stereocenters. The summed E-state index contributed by atoms with van der Waals surface area (Å²) in [5, 5.41) is 4.81. The van der Waals surface area contributed by atoms with Gasteiger partial charge in [0.1, 0.15) is 5.82 Å². The first-order valence-electron chi connectivity index (χ1n) is 10.2. The fraction of sp³-hybridized carbons (Fsp3) is 0.737. The van der Waals surface area contributed by atoms with Crippen LogP contribution in [0.25, 0.3) is 5.78 Å². The van der Waals surface area contributed by atoms with Gasteiger partial charge in [0.2, 0.25) is 0 Å². The van der Waals surface area contributed by atoms with Crippen molar-refractivity contribution in [2.45, 2.75) is 51.4 Å². The van der Waals surface area contributed by atoms with E-state index in [2.05, 4.69) is 20.9 Å². The molecule has 0 radical (unpaired) electrons. The molecule has 8 nitrogen and oxygen atoms in total. The Morgan fingerprint density at radius 1 is 1.00 bits per heavy atom. The Kier molecular flexibility index (Phi) is 4.49. The first-order chi connectivity index (χ1) is 13.2. The van der Waals surface area contributed by atoms with Gasteiger partial charge in [-0.2, -0.15) is 9.50 Å². The zero-order valence-electron chi connectivity index (χ0n) is 16.1. The number of aromatic nitrogens is 4. The smallest absolute Gasteiger partial charge is 0.254 e. The molecule has 5 heterocycles. The van der Waals surface area contributed by atoms with Crippen LogP contribution < -0.4 is 4.90 Å². The highest BCUT2D eigenvalue weighted by Crippen LogP contribution is 2.31. The van der Waals surface area contributed by atoms with Crippen LogP contribution in [0.3, 0.4) is 0 Å². The molecule has 146 valence electrons. The third-order valence-corrected chi connectivity index (χ3v) is 5.94. The van der Waals surface area contributed by atoms with Crippen molar-refractivity contribution in [2.75, 3.05) is 44.3 Å². The standard InChI is InChI=1S/C19H28N6O2/c1-15-13-17(24-7-3-2-4-8-24)25-18(20-15)21-16(22-25)14-23-9-5-19(6-10-23)26-11-12-27-19/h13H,2-12,14H2,1H3. The number of hydrogen-bond donors (Lipinski definition) is 0. The average molecular weight is 372 g/mol. The first kappa shape index (κ1) is 17.3. The van der Waals surface area contributed by atoms with E-state index in [1.54, 1.807) is 0 Å². The molecule has 0 aromatic carbocycles. The van der Waals surface area contributed by atoms with Gasteiger partial charge in [-0.25, -0.2) is 4.98 Å². The van der Waals surface area contributed by atoms with E-state index in [4.69, 9.17) is 19.6 Å². The highest BCUT2D eigenvalue weighted by Gasteiger charge is 2.39. The highest BCUT2D eigenvalue weighted by atomic mass is 16.7. The Hall–Kier alpha value is -1.77. The van der Waals surface area contributed by atoms with Crippen LogP contribution in [0.4, 0.5) is 5.82 Å². The summed E-state index contributed by atoms with van der Waals surface area (Å²) < 4.78 is 13.6. The highest BCUT2D eigenvalue weighted by molar-refractivity contribution is 5.47. The lowest BCUT2D eigenvalue weighted by molar-refractivity contribution is -0.185. The predicted octanol–water partition coefficient (Wildman–Crippen LogP) is 1.76. The average Bonchev–Trinajstić information content (AvgIpc) is 3.30. The van der Waals surface area contributed by atoms with Crippen LogP contribution in [-0.2, 0) is 16.0 Å². The van der Waals surface area contributed by atoms with Crippen molar-refractivity contribution in [1.29, 1.82) is 0 Å². The fourth-order valence-corrected chi connectivity index (χ4v) is 4.46. The summed E-state index contributed by atoms with van der Waals surface area (Å²) in [7, 11) is 0. The van der Waals surface area contributed by atoms with Crippen molar-refractivity contribution in [3.8, 4) is 0 Å². The van der Waals surface area contributed by atoms with Gasteiger partial charge in [-0.1, -0.05) is 0 Å². The van der Waals surface area contributed by atoms with E-state index in [9.17, 15) is 0 Å². The van der Waals surface area contributed by atoms with Crippen molar-refractivity contribution < 1.29 is 9.47 Å². The van der Waals surface area contributed by atoms with Gasteiger partial charge in [0.05, 0.1) is 19.8 Å². The number of ether oxygens (including phenoxy) is 2. The van der Waals surface area contributed by atoms with Crippen molar-refractivity contribution in [3.05, 3.63) is 17.6 Å². The van der Waals surface area contributed by atoms with Crippen molar-refractivity contribution in [2.24, 2.45) is 0 Å². The number of piperidine rings is 2. The summed E-state index contributed by atoms with van der Waals surface area (Å²) in [5.74, 6) is 2.35. The van der Waals surface area contributed by atoms with Crippen LogP contribution in [0.2, 0.25) is 0 Å². The summed E-state index contributed by atoms with van der Waals surface area (Å²) in [6.45, 7) is 8.29. The molecule has 0 aliphatic carbocycles. The monoisotopic (exact) mass is 372 g/mol. The fourth-order valence-electron chi connectivity index (χ4n) is 4.46. The minimum absolute atomic E-state index is 0.330. The number of fused-ring (bicyclic) bond motifs is 1. The SMILES string of the molecule is Cc1cc(N2CCCCC2)n2nc(CN3CCC4(CC3)OCCO4)nc2n1. The normalized spacial score (nSPS) is 23.5. The maximum Gasteiger partial charge on any atom is 0.254 e. The zero-order chi connectivity index (χ0) is 18.3. The number of anilines is 1. The summed E-state index contributed by atoms with van der Waals surface area (Å²) in [6.07, 6.45) is 5.62. The summed E-state index contributed by atoms with van der Waals surface area (Å²) in [5.41, 5.74) is 0.998. The number of aryl methyl sites for hydroxylation is 1. The van der Waals surface area contributed by atoms with E-state index >= 15 is 0 Å². The zero-order valence-corrected chi connectivity index (χ0v) is 16.1. The van der Waals surface area contributed by atoms with E-state index in [0.717, 1.165) is 76.1 Å². The molecular formula is C19H28N6O2. The van der Waals surface area contributed by atoms with Crippen LogP contribution in [0.15, 0.2) is 6.07 Å². The van der Waals surface area contributed by atoms with Gasteiger partial charge in [0, 0.05) is 50.8 Å². The molecule has 1 spiro atoms. The second kappa shape index (κ2) is 7.00. The van der Waals surface area contributed by atoms with Gasteiger partial charge >= 0.3 is 0 Å². The molecule has 3 aliphatic rings. The third kappa shape index (κ3) is 3.41. The molecule has 0 bridgehead atoms. The third-order valence-electron chi connectivity index (χ3n) is 5.94. The molecule has 3 saturated heterocycles. The van der Waals surface area contributed by atoms with Crippen LogP contribution in [0.5, 0.6) is 0 Å². The molecule has 0 N–H and O–H groups in total. The molecule has 0 atom stereocenters. The molecule has 3 aliphatic heterocycles. The van der Waals surface area contributed by atoms with Gasteiger partial charge in [0.25, 0.3) is 5.78 Å². The molecule has 0 saturated carbocycles. The summed E-state index contributed by atoms with van der Waals surface area (Å²) in [4.78, 5) is 14.1. The Balaban J connectivity index is 1.34. The van der Waals surface area contributed by atoms with E-state index in [1.807, 2.05) is 11.4 Å². The minimum atomic E-state index is -0.330. The maximum atomic E-state index is 5.82. The molecule has 8 heteroatoms. The molecule has 2 aromatic heterocycles. The molecular weight excluding hydrogens is 344 g/mol. The van der Waals surface area contributed by atoms with E-state index in [0.29, 0.717) is 5.78 Å². The summed E-state index contributed by atoms with van der Waals surface area (Å²) >= 11 is 0. The Morgan fingerprint density at radius 2 is 1.74 bits per heavy atom. The van der Waals surface area contributed by atoms with Gasteiger partial charge in [-0.15, -0.1) is 5.10 Å². The molecule has 27 heavy (non-hydrogen) atoms. The Morgan fingerprint density at radius 3 is 2.48 bits per heavy atom. The van der Waals surface area contributed by atoms with Crippen LogP contribution in [0.1, 0.15) is 43.6 Å². The van der Waals surface area contributed by atoms with Crippen LogP contribution in [0, 0.1) is 6.92 Å². The van der Waals surface area contributed by atoms with Crippen LogP contribution >= 0.6 is 0 Å². The molecule has 3 fully saturated rings. The van der Waals surface area contributed by atoms with Gasteiger partial charge in [-0.3, -0.25) is 4.90 Å². The first-order valence-corrected chi connectivity index (χ1v) is 10.2. The van der Waals surface area contributed by atoms with Gasteiger partial charge < -0.3 is 14.4 Å². The van der Waals surface area contributed by atoms with Crippen molar-refractivity contribution >= 4 is 11.6 Å².